The van der Waals surface area contributed by atoms with Crippen LogP contribution in [0.1, 0.15) is 44.4 Å². The van der Waals surface area contributed by atoms with Gasteiger partial charge in [0.1, 0.15) is 5.75 Å². The SMILES string of the molecule is CCOc1ccccc1[C@H]1CC(c2cccc(NS(=O)(=O)CC)c2)=NN1C(C)=O. The van der Waals surface area contributed by atoms with E-state index >= 15 is 0 Å². The Hall–Kier alpha value is -2.87. The minimum absolute atomic E-state index is 0.00737. The maximum absolute atomic E-state index is 12.3. The van der Waals surface area contributed by atoms with Gasteiger partial charge in [0.2, 0.25) is 15.9 Å². The molecule has 0 spiro atoms. The number of para-hydroxylation sites is 1. The molecule has 7 nitrogen and oxygen atoms in total. The molecule has 2 aromatic carbocycles. The highest BCUT2D eigenvalue weighted by Gasteiger charge is 2.33. The summed E-state index contributed by atoms with van der Waals surface area (Å²) in [5.74, 6) is 0.554. The van der Waals surface area contributed by atoms with Crippen molar-refractivity contribution in [2.75, 3.05) is 17.1 Å². The molecule has 29 heavy (non-hydrogen) atoms. The van der Waals surface area contributed by atoms with Gasteiger partial charge in [-0.05, 0) is 37.6 Å². The monoisotopic (exact) mass is 415 g/mol. The van der Waals surface area contributed by atoms with Crippen LogP contribution in [-0.2, 0) is 14.8 Å². The van der Waals surface area contributed by atoms with Gasteiger partial charge < -0.3 is 4.74 Å². The third kappa shape index (κ3) is 4.76. The summed E-state index contributed by atoms with van der Waals surface area (Å²) in [6, 6.07) is 14.4. The molecular weight excluding hydrogens is 390 g/mol. The van der Waals surface area contributed by atoms with Gasteiger partial charge in [-0.15, -0.1) is 0 Å². The Morgan fingerprint density at radius 1 is 1.21 bits per heavy atom. The van der Waals surface area contributed by atoms with E-state index in [1.54, 1.807) is 25.1 Å². The van der Waals surface area contributed by atoms with Crippen LogP contribution in [0.2, 0.25) is 0 Å². The van der Waals surface area contributed by atoms with Crippen molar-refractivity contribution in [1.29, 1.82) is 0 Å². The first-order valence-corrected chi connectivity index (χ1v) is 11.2. The largest absolute Gasteiger partial charge is 0.494 e. The zero-order valence-corrected chi connectivity index (χ0v) is 17.6. The van der Waals surface area contributed by atoms with Gasteiger partial charge in [0, 0.05) is 24.6 Å². The summed E-state index contributed by atoms with van der Waals surface area (Å²) in [4.78, 5) is 12.3. The smallest absolute Gasteiger partial charge is 0.240 e. The van der Waals surface area contributed by atoms with Gasteiger partial charge >= 0.3 is 0 Å². The summed E-state index contributed by atoms with van der Waals surface area (Å²) in [5.41, 5.74) is 2.85. The number of benzene rings is 2. The van der Waals surface area contributed by atoms with E-state index in [0.717, 1.165) is 16.9 Å². The molecule has 2 aromatic rings. The molecule has 0 fully saturated rings. The Morgan fingerprint density at radius 3 is 2.66 bits per heavy atom. The first-order valence-electron chi connectivity index (χ1n) is 9.54. The summed E-state index contributed by atoms with van der Waals surface area (Å²) < 4.78 is 32.0. The molecule has 154 valence electrons. The van der Waals surface area contributed by atoms with E-state index in [1.807, 2.05) is 37.3 Å². The predicted octanol–water partition coefficient (Wildman–Crippen LogP) is 3.54. The lowest BCUT2D eigenvalue weighted by molar-refractivity contribution is -0.130. The van der Waals surface area contributed by atoms with E-state index < -0.39 is 10.0 Å². The highest BCUT2D eigenvalue weighted by atomic mass is 32.2. The maximum Gasteiger partial charge on any atom is 0.240 e. The number of amides is 1. The molecule has 0 radical (unpaired) electrons. The zero-order chi connectivity index (χ0) is 21.0. The number of rotatable bonds is 7. The normalized spacial score (nSPS) is 16.4. The van der Waals surface area contributed by atoms with E-state index in [2.05, 4.69) is 9.82 Å². The third-order valence-corrected chi connectivity index (χ3v) is 5.97. The van der Waals surface area contributed by atoms with Crippen molar-refractivity contribution in [3.8, 4) is 5.75 Å². The standard InChI is InChI=1S/C21H25N3O4S/c1-4-28-21-12-7-6-11-18(21)20-14-19(22-24(20)15(3)25)16-9-8-10-17(13-16)23-29(26,27)5-2/h6-13,20,23H,4-5,14H2,1-3H3/t20-/m1/s1. The second-order valence-corrected chi connectivity index (χ2v) is 8.70. The number of carbonyl (C=O) groups excluding carboxylic acids is 1. The van der Waals surface area contributed by atoms with Crippen molar-refractivity contribution in [1.82, 2.24) is 5.01 Å². The van der Waals surface area contributed by atoms with Crippen molar-refractivity contribution in [2.45, 2.75) is 33.2 Å². The molecule has 0 aromatic heterocycles. The molecular formula is C21H25N3O4S. The number of sulfonamides is 1. The molecule has 0 unspecified atom stereocenters. The van der Waals surface area contributed by atoms with Gasteiger partial charge in [-0.2, -0.15) is 5.10 Å². The van der Waals surface area contributed by atoms with Gasteiger partial charge in [-0.25, -0.2) is 13.4 Å². The molecule has 1 amide bonds. The summed E-state index contributed by atoms with van der Waals surface area (Å²) >= 11 is 0. The topological polar surface area (TPSA) is 88.1 Å². The second-order valence-electron chi connectivity index (χ2n) is 6.69. The second kappa shape index (κ2) is 8.65. The summed E-state index contributed by atoms with van der Waals surface area (Å²) in [6.07, 6.45) is 0.508. The van der Waals surface area contributed by atoms with Crippen LogP contribution < -0.4 is 9.46 Å². The van der Waals surface area contributed by atoms with Crippen LogP contribution in [0.3, 0.4) is 0 Å². The van der Waals surface area contributed by atoms with Crippen molar-refractivity contribution in [3.63, 3.8) is 0 Å². The Morgan fingerprint density at radius 2 is 1.97 bits per heavy atom. The average molecular weight is 416 g/mol. The number of hydrogen-bond donors (Lipinski definition) is 1. The first kappa shape index (κ1) is 20.9. The minimum atomic E-state index is -3.37. The molecule has 1 N–H and O–H groups in total. The van der Waals surface area contributed by atoms with Crippen LogP contribution in [0, 0.1) is 0 Å². The Balaban J connectivity index is 1.93. The van der Waals surface area contributed by atoms with Crippen molar-refractivity contribution in [2.24, 2.45) is 5.10 Å². The molecule has 3 rings (SSSR count). The lowest BCUT2D eigenvalue weighted by Crippen LogP contribution is -2.24. The van der Waals surface area contributed by atoms with Crippen LogP contribution in [0.25, 0.3) is 0 Å². The fourth-order valence-electron chi connectivity index (χ4n) is 3.27. The fourth-order valence-corrected chi connectivity index (χ4v) is 3.90. The molecule has 0 aliphatic carbocycles. The quantitative estimate of drug-likeness (QED) is 0.749. The number of carbonyl (C=O) groups is 1. The van der Waals surface area contributed by atoms with Gasteiger partial charge in [0.05, 0.1) is 24.1 Å². The lowest BCUT2D eigenvalue weighted by atomic mass is 9.97. The number of anilines is 1. The van der Waals surface area contributed by atoms with Crippen LogP contribution in [0.15, 0.2) is 53.6 Å². The third-order valence-electron chi connectivity index (χ3n) is 4.66. The average Bonchev–Trinajstić information content (AvgIpc) is 3.14. The molecule has 0 bridgehead atoms. The number of nitrogens with zero attached hydrogens (tertiary/aromatic N) is 2. The Bertz CT molecular complexity index is 1030. The van der Waals surface area contributed by atoms with Gasteiger partial charge in [-0.1, -0.05) is 30.3 Å². The van der Waals surface area contributed by atoms with Crippen molar-refractivity contribution in [3.05, 3.63) is 59.7 Å². The van der Waals surface area contributed by atoms with Crippen LogP contribution >= 0.6 is 0 Å². The summed E-state index contributed by atoms with van der Waals surface area (Å²) in [7, 11) is -3.37. The lowest BCUT2D eigenvalue weighted by Gasteiger charge is -2.22. The van der Waals surface area contributed by atoms with E-state index in [-0.39, 0.29) is 17.7 Å². The van der Waals surface area contributed by atoms with Crippen molar-refractivity contribution < 1.29 is 17.9 Å². The van der Waals surface area contributed by atoms with E-state index in [0.29, 0.717) is 24.4 Å². The number of ether oxygens (including phenoxy) is 1. The predicted molar refractivity (Wildman–Crippen MR) is 114 cm³/mol. The molecule has 0 saturated carbocycles. The Labute approximate surface area is 171 Å². The molecule has 1 aliphatic rings. The fraction of sp³-hybridized carbons (Fsp3) is 0.333. The van der Waals surface area contributed by atoms with Gasteiger partial charge in [0.15, 0.2) is 0 Å². The number of hydrogen-bond acceptors (Lipinski definition) is 5. The highest BCUT2D eigenvalue weighted by molar-refractivity contribution is 7.92. The van der Waals surface area contributed by atoms with Crippen LogP contribution in [0.4, 0.5) is 5.69 Å². The highest BCUT2D eigenvalue weighted by Crippen LogP contribution is 2.37. The molecule has 1 atom stereocenters. The minimum Gasteiger partial charge on any atom is -0.494 e. The summed E-state index contributed by atoms with van der Waals surface area (Å²) in [6.45, 7) is 5.50. The molecule has 1 heterocycles. The number of nitrogens with one attached hydrogen (secondary N) is 1. The van der Waals surface area contributed by atoms with E-state index in [1.165, 1.54) is 11.9 Å². The molecule has 0 saturated heterocycles. The van der Waals surface area contributed by atoms with Crippen molar-refractivity contribution >= 4 is 27.3 Å². The molecule has 1 aliphatic heterocycles. The maximum atomic E-state index is 12.3. The van der Waals surface area contributed by atoms with E-state index in [9.17, 15) is 13.2 Å². The number of hydrazone groups is 1. The zero-order valence-electron chi connectivity index (χ0n) is 16.8. The van der Waals surface area contributed by atoms with Crippen LogP contribution in [-0.4, -0.2) is 37.4 Å². The van der Waals surface area contributed by atoms with E-state index in [4.69, 9.17) is 4.74 Å². The van der Waals surface area contributed by atoms with Gasteiger partial charge in [-0.3, -0.25) is 9.52 Å². The van der Waals surface area contributed by atoms with Crippen LogP contribution in [0.5, 0.6) is 5.75 Å². The first-order chi connectivity index (χ1) is 13.8. The Kier molecular flexibility index (Phi) is 6.22. The summed E-state index contributed by atoms with van der Waals surface area (Å²) in [5, 5.41) is 6.01. The van der Waals surface area contributed by atoms with Gasteiger partial charge in [0.25, 0.3) is 0 Å². The molecule has 8 heteroatoms.